The summed E-state index contributed by atoms with van der Waals surface area (Å²) in [6.07, 6.45) is 3.70. The van der Waals surface area contributed by atoms with Crippen LogP contribution < -0.4 is 4.74 Å². The van der Waals surface area contributed by atoms with Gasteiger partial charge in [-0.2, -0.15) is 0 Å². The lowest BCUT2D eigenvalue weighted by Gasteiger charge is -2.26. The summed E-state index contributed by atoms with van der Waals surface area (Å²) in [6, 6.07) is 12.8. The molecule has 1 amide bonds. The molecule has 1 aliphatic rings. The number of benzene rings is 2. The minimum atomic E-state index is -0.633. The number of nitrogens with zero attached hydrogens (tertiary/aromatic N) is 1. The topological polar surface area (TPSA) is 66.8 Å². The van der Waals surface area contributed by atoms with Crippen LogP contribution >= 0.6 is 0 Å². The Hall–Kier alpha value is -3.08. The van der Waals surface area contributed by atoms with E-state index >= 15 is 0 Å². The molecule has 0 spiro atoms. The predicted octanol–water partition coefficient (Wildman–Crippen LogP) is 6.17. The van der Waals surface area contributed by atoms with Gasteiger partial charge in [0, 0.05) is 17.7 Å². The molecule has 0 saturated carbocycles. The highest BCUT2D eigenvalue weighted by atomic mass is 16.5. The predicted molar refractivity (Wildman–Crippen MR) is 136 cm³/mol. The zero-order chi connectivity index (χ0) is 25.0. The normalized spacial score (nSPS) is 17.9. The van der Waals surface area contributed by atoms with Crippen LogP contribution in [0.2, 0.25) is 0 Å². The van der Waals surface area contributed by atoms with Crippen molar-refractivity contribution in [3.63, 3.8) is 0 Å². The third-order valence-electron chi connectivity index (χ3n) is 6.53. The fourth-order valence-corrected chi connectivity index (χ4v) is 4.52. The molecule has 1 aliphatic heterocycles. The van der Waals surface area contributed by atoms with Crippen molar-refractivity contribution in [2.45, 2.75) is 71.8 Å². The number of hydrogen-bond donors (Lipinski definition) is 1. The summed E-state index contributed by atoms with van der Waals surface area (Å²) in [7, 11) is 1.62. The van der Waals surface area contributed by atoms with Crippen molar-refractivity contribution >= 4 is 17.4 Å². The average molecular weight is 464 g/mol. The Morgan fingerprint density at radius 2 is 1.71 bits per heavy atom. The van der Waals surface area contributed by atoms with Gasteiger partial charge in [-0.1, -0.05) is 71.7 Å². The van der Waals surface area contributed by atoms with Crippen molar-refractivity contribution in [2.75, 3.05) is 13.7 Å². The van der Waals surface area contributed by atoms with Gasteiger partial charge in [-0.15, -0.1) is 0 Å². The molecule has 0 radical (unpaired) electrons. The second-order valence-electron chi connectivity index (χ2n) is 9.96. The number of Topliss-reactive ketones (excluding diaryl/α,β-unsaturated/α-hetero) is 1. The summed E-state index contributed by atoms with van der Waals surface area (Å²) < 4.78 is 5.53. The summed E-state index contributed by atoms with van der Waals surface area (Å²) in [5.74, 6) is -0.608. The third kappa shape index (κ3) is 5.03. The highest BCUT2D eigenvalue weighted by Gasteiger charge is 2.45. The van der Waals surface area contributed by atoms with Gasteiger partial charge < -0.3 is 14.7 Å². The maximum Gasteiger partial charge on any atom is 0.295 e. The molecule has 1 atom stereocenters. The molecule has 1 unspecified atom stereocenters. The fraction of sp³-hybridized carbons (Fsp3) is 0.448. The van der Waals surface area contributed by atoms with E-state index in [-0.39, 0.29) is 16.7 Å². The largest absolute Gasteiger partial charge is 0.507 e. The SMILES string of the molecule is CCCCCN1C(=O)C(=O)/C(=C(\O)c2ccc(OC)c(C(C)(C)C)c2)C1c1ccc(CC)cc1. The summed E-state index contributed by atoms with van der Waals surface area (Å²) >= 11 is 0. The Morgan fingerprint density at radius 3 is 2.26 bits per heavy atom. The van der Waals surface area contributed by atoms with Crippen molar-refractivity contribution in [2.24, 2.45) is 0 Å². The molecular weight excluding hydrogens is 426 g/mol. The number of ether oxygens (including phenoxy) is 1. The lowest BCUT2D eigenvalue weighted by molar-refractivity contribution is -0.139. The molecule has 1 N–H and O–H groups in total. The van der Waals surface area contributed by atoms with Gasteiger partial charge >= 0.3 is 0 Å². The van der Waals surface area contributed by atoms with Gasteiger partial charge in [-0.3, -0.25) is 9.59 Å². The van der Waals surface area contributed by atoms with Crippen LogP contribution in [0.5, 0.6) is 5.75 Å². The number of amides is 1. The number of aliphatic hydroxyl groups excluding tert-OH is 1. The summed E-state index contributed by atoms with van der Waals surface area (Å²) in [4.78, 5) is 28.0. The van der Waals surface area contributed by atoms with Crippen molar-refractivity contribution in [1.82, 2.24) is 4.90 Å². The number of methoxy groups -OCH3 is 1. The summed E-state index contributed by atoms with van der Waals surface area (Å²) in [6.45, 7) is 10.9. The van der Waals surface area contributed by atoms with Crippen LogP contribution in [-0.2, 0) is 21.4 Å². The molecule has 5 nitrogen and oxygen atoms in total. The van der Waals surface area contributed by atoms with E-state index in [1.807, 2.05) is 30.3 Å². The van der Waals surface area contributed by atoms with E-state index in [9.17, 15) is 14.7 Å². The minimum Gasteiger partial charge on any atom is -0.507 e. The van der Waals surface area contributed by atoms with Crippen molar-refractivity contribution in [3.05, 3.63) is 70.3 Å². The first kappa shape index (κ1) is 25.5. The minimum absolute atomic E-state index is 0.144. The first-order chi connectivity index (χ1) is 16.1. The zero-order valence-corrected chi connectivity index (χ0v) is 21.3. The van der Waals surface area contributed by atoms with Gasteiger partial charge in [-0.25, -0.2) is 0 Å². The number of carbonyl (C=O) groups is 2. The number of rotatable bonds is 8. The van der Waals surface area contributed by atoms with Crippen LogP contribution in [0.15, 0.2) is 48.0 Å². The Balaban J connectivity index is 2.17. The van der Waals surface area contributed by atoms with E-state index in [1.54, 1.807) is 24.1 Å². The Bertz CT molecular complexity index is 1080. The molecule has 2 aromatic rings. The Kier molecular flexibility index (Phi) is 7.86. The van der Waals surface area contributed by atoms with Crippen molar-refractivity contribution in [3.8, 4) is 5.75 Å². The van der Waals surface area contributed by atoms with Gasteiger partial charge in [0.2, 0.25) is 0 Å². The highest BCUT2D eigenvalue weighted by Crippen LogP contribution is 2.41. The maximum atomic E-state index is 13.2. The molecule has 5 heteroatoms. The Labute approximate surface area is 203 Å². The lowest BCUT2D eigenvalue weighted by atomic mass is 9.84. The number of unbranched alkanes of at least 4 members (excludes halogenated alkanes) is 2. The molecule has 3 rings (SSSR count). The molecule has 1 saturated heterocycles. The van der Waals surface area contributed by atoms with Gasteiger partial charge in [-0.05, 0) is 47.6 Å². The standard InChI is InChI=1S/C29H37NO4/c1-7-9-10-17-30-25(20-13-11-19(8-2)12-14-20)24(27(32)28(30)33)26(31)21-15-16-23(34-6)22(18-21)29(3,4)5/h11-16,18,25,31H,7-10,17H2,1-6H3/b26-24-. The zero-order valence-electron chi connectivity index (χ0n) is 21.3. The van der Waals surface area contributed by atoms with Gasteiger partial charge in [0.25, 0.3) is 11.7 Å². The number of likely N-dealkylation sites (tertiary alicyclic amines) is 1. The molecule has 0 aromatic heterocycles. The third-order valence-corrected chi connectivity index (χ3v) is 6.53. The van der Waals surface area contributed by atoms with Gasteiger partial charge in [0.1, 0.15) is 11.5 Å². The number of aryl methyl sites for hydroxylation is 1. The first-order valence-corrected chi connectivity index (χ1v) is 12.2. The quantitative estimate of drug-likeness (QED) is 0.220. The molecule has 2 aromatic carbocycles. The van der Waals surface area contributed by atoms with Gasteiger partial charge in [0.05, 0.1) is 18.7 Å². The first-order valence-electron chi connectivity index (χ1n) is 12.2. The van der Waals surface area contributed by atoms with Crippen LogP contribution in [0.3, 0.4) is 0 Å². The molecule has 1 heterocycles. The maximum absolute atomic E-state index is 13.2. The van der Waals surface area contributed by atoms with E-state index in [2.05, 4.69) is 34.6 Å². The molecule has 1 fully saturated rings. The smallest absolute Gasteiger partial charge is 0.295 e. The van der Waals surface area contributed by atoms with Crippen LogP contribution in [-0.4, -0.2) is 35.4 Å². The van der Waals surface area contributed by atoms with E-state index < -0.39 is 17.7 Å². The number of hydrogen-bond acceptors (Lipinski definition) is 4. The monoisotopic (exact) mass is 463 g/mol. The summed E-state index contributed by atoms with van der Waals surface area (Å²) in [5.41, 5.74) is 3.35. The number of ketones is 1. The molecular formula is C29H37NO4. The van der Waals surface area contributed by atoms with Crippen LogP contribution in [0.25, 0.3) is 5.76 Å². The fourth-order valence-electron chi connectivity index (χ4n) is 4.52. The van der Waals surface area contributed by atoms with E-state index in [4.69, 9.17) is 4.74 Å². The second kappa shape index (κ2) is 10.5. The van der Waals surface area contributed by atoms with Crippen LogP contribution in [0.1, 0.15) is 82.2 Å². The van der Waals surface area contributed by atoms with Crippen LogP contribution in [0, 0.1) is 0 Å². The van der Waals surface area contributed by atoms with E-state index in [0.29, 0.717) is 12.1 Å². The molecule has 0 bridgehead atoms. The van der Waals surface area contributed by atoms with E-state index in [1.165, 1.54) is 5.56 Å². The van der Waals surface area contributed by atoms with Crippen molar-refractivity contribution < 1.29 is 19.4 Å². The lowest BCUT2D eigenvalue weighted by Crippen LogP contribution is -2.30. The van der Waals surface area contributed by atoms with Crippen molar-refractivity contribution in [1.29, 1.82) is 0 Å². The second-order valence-corrected chi connectivity index (χ2v) is 9.96. The molecule has 182 valence electrons. The molecule has 34 heavy (non-hydrogen) atoms. The summed E-state index contributed by atoms with van der Waals surface area (Å²) in [5, 5.41) is 11.4. The van der Waals surface area contributed by atoms with Crippen LogP contribution in [0.4, 0.5) is 0 Å². The highest BCUT2D eigenvalue weighted by molar-refractivity contribution is 6.46. The van der Waals surface area contributed by atoms with Gasteiger partial charge in [0.15, 0.2) is 0 Å². The average Bonchev–Trinajstić information content (AvgIpc) is 3.07. The van der Waals surface area contributed by atoms with E-state index in [0.717, 1.165) is 42.6 Å². The molecule has 0 aliphatic carbocycles. The number of aliphatic hydroxyl groups is 1. The number of carbonyl (C=O) groups excluding carboxylic acids is 2. The Morgan fingerprint density at radius 1 is 1.03 bits per heavy atom.